The van der Waals surface area contributed by atoms with Crippen LogP contribution in [0.5, 0.6) is 5.75 Å². The number of anilines is 1. The Hall–Kier alpha value is -2.27. The molecule has 2 rings (SSSR count). The molecule has 0 aliphatic heterocycles. The summed E-state index contributed by atoms with van der Waals surface area (Å²) in [5.41, 5.74) is 0.587. The largest absolute Gasteiger partial charge is 0.494 e. The zero-order chi connectivity index (χ0) is 19.9. The minimum absolute atomic E-state index is 0.0645. The molecule has 11 heteroatoms. The molecule has 0 saturated heterocycles. The number of carbonyl (C=O) groups is 1. The molecular formula is C15H20N2O7S2. The van der Waals surface area contributed by atoms with E-state index < -0.39 is 26.0 Å². The van der Waals surface area contributed by atoms with E-state index in [1.54, 1.807) is 6.92 Å². The van der Waals surface area contributed by atoms with E-state index in [0.717, 1.165) is 16.5 Å². The number of benzene rings is 1. The zero-order valence-electron chi connectivity index (χ0n) is 15.0. The molecule has 0 radical (unpaired) electrons. The highest BCUT2D eigenvalue weighted by Crippen LogP contribution is 2.37. The van der Waals surface area contributed by atoms with Gasteiger partial charge in [-0.05, 0) is 12.5 Å². The Morgan fingerprint density at radius 3 is 2.19 bits per heavy atom. The van der Waals surface area contributed by atoms with Crippen LogP contribution in [0.3, 0.4) is 0 Å². The molecule has 144 valence electrons. The summed E-state index contributed by atoms with van der Waals surface area (Å²) in [4.78, 5) is 12.3. The van der Waals surface area contributed by atoms with E-state index in [4.69, 9.17) is 9.47 Å². The van der Waals surface area contributed by atoms with Crippen LogP contribution in [0.2, 0.25) is 0 Å². The topological polar surface area (TPSA) is 121 Å². The first-order chi connectivity index (χ1) is 11.9. The SMILES string of the molecule is CCc1c(C(=O)OC)c2cc(NS(C)(=O)=O)c(OC)cc2n1S(C)(=O)=O. The quantitative estimate of drug-likeness (QED) is 0.718. The van der Waals surface area contributed by atoms with E-state index >= 15 is 0 Å². The van der Waals surface area contributed by atoms with Gasteiger partial charge < -0.3 is 9.47 Å². The molecule has 26 heavy (non-hydrogen) atoms. The Balaban J connectivity index is 3.04. The third kappa shape index (κ3) is 3.63. The number of rotatable bonds is 6. The van der Waals surface area contributed by atoms with Gasteiger partial charge in [0.25, 0.3) is 0 Å². The summed E-state index contributed by atoms with van der Waals surface area (Å²) in [6.07, 6.45) is 2.22. The van der Waals surface area contributed by atoms with Crippen molar-refractivity contribution in [3.63, 3.8) is 0 Å². The summed E-state index contributed by atoms with van der Waals surface area (Å²) in [6, 6.07) is 2.73. The second-order valence-electron chi connectivity index (χ2n) is 5.64. The highest BCUT2D eigenvalue weighted by Gasteiger charge is 2.28. The van der Waals surface area contributed by atoms with Crippen LogP contribution >= 0.6 is 0 Å². The smallest absolute Gasteiger partial charge is 0.340 e. The first kappa shape index (κ1) is 20.0. The molecule has 0 spiro atoms. The van der Waals surface area contributed by atoms with E-state index in [0.29, 0.717) is 0 Å². The number of nitrogens with zero attached hydrogens (tertiary/aromatic N) is 1. The maximum atomic E-state index is 12.3. The van der Waals surface area contributed by atoms with Crippen molar-refractivity contribution in [1.29, 1.82) is 0 Å². The third-order valence-electron chi connectivity index (χ3n) is 3.69. The van der Waals surface area contributed by atoms with Crippen LogP contribution in [-0.2, 0) is 31.2 Å². The average molecular weight is 404 g/mol. The molecule has 1 heterocycles. The van der Waals surface area contributed by atoms with E-state index in [1.807, 2.05) is 0 Å². The summed E-state index contributed by atoms with van der Waals surface area (Å²) in [5.74, 6) is -0.603. The van der Waals surface area contributed by atoms with Gasteiger partial charge in [0, 0.05) is 17.1 Å². The molecule has 0 aliphatic rings. The Bertz CT molecular complexity index is 1080. The lowest BCUT2D eigenvalue weighted by atomic mass is 10.1. The van der Waals surface area contributed by atoms with Crippen molar-refractivity contribution in [3.05, 3.63) is 23.4 Å². The molecule has 1 N–H and O–H groups in total. The van der Waals surface area contributed by atoms with E-state index in [9.17, 15) is 21.6 Å². The fraction of sp³-hybridized carbons (Fsp3) is 0.400. The van der Waals surface area contributed by atoms with Crippen molar-refractivity contribution in [2.24, 2.45) is 0 Å². The van der Waals surface area contributed by atoms with Crippen LogP contribution in [0.1, 0.15) is 23.0 Å². The van der Waals surface area contributed by atoms with Gasteiger partial charge in [0.05, 0.1) is 43.5 Å². The van der Waals surface area contributed by atoms with Gasteiger partial charge in [-0.1, -0.05) is 6.92 Å². The van der Waals surface area contributed by atoms with Crippen LogP contribution in [0.25, 0.3) is 10.9 Å². The lowest BCUT2D eigenvalue weighted by Gasteiger charge is -2.11. The Labute approximate surface area is 152 Å². The molecule has 0 aliphatic carbocycles. The van der Waals surface area contributed by atoms with Crippen molar-refractivity contribution in [1.82, 2.24) is 3.97 Å². The van der Waals surface area contributed by atoms with Crippen molar-refractivity contribution in [2.75, 3.05) is 31.5 Å². The van der Waals surface area contributed by atoms with Gasteiger partial charge in [-0.2, -0.15) is 0 Å². The average Bonchev–Trinajstić information content (AvgIpc) is 2.84. The van der Waals surface area contributed by atoms with Crippen LogP contribution in [0.4, 0.5) is 5.69 Å². The fourth-order valence-corrected chi connectivity index (χ4v) is 4.51. The molecule has 2 aromatic rings. The fourth-order valence-electron chi connectivity index (χ4n) is 2.82. The minimum atomic E-state index is -3.75. The van der Waals surface area contributed by atoms with E-state index in [2.05, 4.69) is 4.72 Å². The van der Waals surface area contributed by atoms with Gasteiger partial charge in [-0.3, -0.25) is 4.72 Å². The van der Waals surface area contributed by atoms with Gasteiger partial charge in [-0.15, -0.1) is 0 Å². The predicted molar refractivity (Wildman–Crippen MR) is 97.9 cm³/mol. The molecule has 1 aromatic heterocycles. The number of sulfonamides is 1. The van der Waals surface area contributed by atoms with Crippen LogP contribution in [0, 0.1) is 0 Å². The van der Waals surface area contributed by atoms with Crippen LogP contribution in [0.15, 0.2) is 12.1 Å². The number of hydrogen-bond acceptors (Lipinski definition) is 7. The summed E-state index contributed by atoms with van der Waals surface area (Å²) < 4.78 is 61.2. The highest BCUT2D eigenvalue weighted by atomic mass is 32.2. The van der Waals surface area contributed by atoms with E-state index in [-0.39, 0.29) is 40.0 Å². The first-order valence-electron chi connectivity index (χ1n) is 7.46. The predicted octanol–water partition coefficient (Wildman–Crippen LogP) is 1.18. The van der Waals surface area contributed by atoms with Crippen LogP contribution in [-0.4, -0.2) is 53.5 Å². The van der Waals surface area contributed by atoms with Gasteiger partial charge >= 0.3 is 5.97 Å². The molecule has 0 atom stereocenters. The Morgan fingerprint density at radius 2 is 1.77 bits per heavy atom. The summed E-state index contributed by atoms with van der Waals surface area (Å²) >= 11 is 0. The molecule has 0 unspecified atom stereocenters. The van der Waals surface area contributed by atoms with Gasteiger partial charge in [0.1, 0.15) is 5.75 Å². The van der Waals surface area contributed by atoms with Crippen molar-refractivity contribution in [2.45, 2.75) is 13.3 Å². The number of hydrogen-bond donors (Lipinski definition) is 1. The maximum absolute atomic E-state index is 12.3. The molecule has 0 amide bonds. The normalized spacial score (nSPS) is 12.2. The van der Waals surface area contributed by atoms with Gasteiger partial charge in [-0.25, -0.2) is 25.6 Å². The zero-order valence-corrected chi connectivity index (χ0v) is 16.6. The molecule has 0 fully saturated rings. The lowest BCUT2D eigenvalue weighted by Crippen LogP contribution is -2.15. The van der Waals surface area contributed by atoms with Crippen molar-refractivity contribution >= 4 is 42.6 Å². The Kier molecular flexibility index (Phi) is 5.24. The van der Waals surface area contributed by atoms with E-state index in [1.165, 1.54) is 26.4 Å². The second kappa shape index (κ2) is 6.80. The molecule has 9 nitrogen and oxygen atoms in total. The third-order valence-corrected chi connectivity index (χ3v) is 5.36. The molecule has 0 bridgehead atoms. The molecular weight excluding hydrogens is 384 g/mol. The number of nitrogens with one attached hydrogen (secondary N) is 1. The lowest BCUT2D eigenvalue weighted by molar-refractivity contribution is 0.0601. The summed E-state index contributed by atoms with van der Waals surface area (Å²) in [7, 11) is -4.87. The summed E-state index contributed by atoms with van der Waals surface area (Å²) in [5, 5.41) is 0.242. The van der Waals surface area contributed by atoms with Gasteiger partial charge in [0.15, 0.2) is 0 Å². The number of fused-ring (bicyclic) bond motifs is 1. The number of ether oxygens (including phenoxy) is 2. The first-order valence-corrected chi connectivity index (χ1v) is 11.2. The summed E-state index contributed by atoms with van der Waals surface area (Å²) in [6.45, 7) is 1.70. The van der Waals surface area contributed by atoms with Crippen LogP contribution < -0.4 is 9.46 Å². The molecule has 0 saturated carbocycles. The van der Waals surface area contributed by atoms with Crippen molar-refractivity contribution in [3.8, 4) is 5.75 Å². The monoisotopic (exact) mass is 404 g/mol. The standard InChI is InChI=1S/C15H20N2O7S2/c1-6-11-14(15(18)24-3)9-7-10(16-25(4,19)20)13(23-2)8-12(9)17(11)26(5,21)22/h7-8,16H,6H2,1-5H3. The molecule has 1 aromatic carbocycles. The van der Waals surface area contributed by atoms with Gasteiger partial charge in [0.2, 0.25) is 20.0 Å². The number of methoxy groups -OCH3 is 2. The number of esters is 1. The number of aromatic nitrogens is 1. The highest BCUT2D eigenvalue weighted by molar-refractivity contribution is 7.92. The Morgan fingerprint density at radius 1 is 1.15 bits per heavy atom. The van der Waals surface area contributed by atoms with Crippen molar-refractivity contribution < 1.29 is 31.1 Å². The maximum Gasteiger partial charge on any atom is 0.340 e. The minimum Gasteiger partial charge on any atom is -0.494 e. The second-order valence-corrected chi connectivity index (χ2v) is 9.22. The number of carbonyl (C=O) groups excluding carboxylic acids is 1.